The fourth-order valence-corrected chi connectivity index (χ4v) is 1.31. The number of ether oxygens (including phenoxy) is 1. The number of hydrogen-bond donors (Lipinski definition) is 1. The topological polar surface area (TPSA) is 57.4 Å². The lowest BCUT2D eigenvalue weighted by atomic mass is 10.0. The van der Waals surface area contributed by atoms with Gasteiger partial charge in [-0.1, -0.05) is 6.92 Å². The van der Waals surface area contributed by atoms with Crippen molar-refractivity contribution in [2.75, 3.05) is 13.7 Å². The van der Waals surface area contributed by atoms with Crippen LogP contribution in [0.3, 0.4) is 0 Å². The predicted molar refractivity (Wildman–Crippen MR) is 54.1 cm³/mol. The van der Waals surface area contributed by atoms with Gasteiger partial charge in [0.25, 0.3) is 0 Å². The van der Waals surface area contributed by atoms with E-state index in [1.165, 1.54) is 0 Å². The Morgan fingerprint density at radius 3 is 2.79 bits per heavy atom. The van der Waals surface area contributed by atoms with E-state index in [9.17, 15) is 0 Å². The molecule has 0 aliphatic heterocycles. The normalized spacial score (nSPS) is 12.6. The Kier molecular flexibility index (Phi) is 3.85. The van der Waals surface area contributed by atoms with E-state index in [0.717, 1.165) is 11.1 Å². The van der Waals surface area contributed by atoms with Crippen molar-refractivity contribution in [2.24, 2.45) is 5.90 Å². The zero-order chi connectivity index (χ0) is 10.6. The van der Waals surface area contributed by atoms with E-state index in [-0.39, 0.29) is 5.92 Å². The zero-order valence-electron chi connectivity index (χ0n) is 8.78. The second kappa shape index (κ2) is 4.93. The molecule has 1 unspecified atom stereocenters. The molecule has 0 saturated carbocycles. The van der Waals surface area contributed by atoms with Crippen molar-refractivity contribution in [1.29, 1.82) is 0 Å². The summed E-state index contributed by atoms with van der Waals surface area (Å²) in [6, 6.07) is 2.04. The zero-order valence-corrected chi connectivity index (χ0v) is 8.78. The van der Waals surface area contributed by atoms with Crippen molar-refractivity contribution in [1.82, 2.24) is 4.98 Å². The third kappa shape index (κ3) is 2.43. The van der Waals surface area contributed by atoms with Crippen molar-refractivity contribution < 1.29 is 9.57 Å². The molecule has 0 spiro atoms. The Bertz CT molecular complexity index is 302. The molecule has 0 saturated heterocycles. The summed E-state index contributed by atoms with van der Waals surface area (Å²) in [5, 5.41) is 0. The van der Waals surface area contributed by atoms with Gasteiger partial charge in [-0.15, -0.1) is 0 Å². The first-order valence-electron chi connectivity index (χ1n) is 4.51. The van der Waals surface area contributed by atoms with Crippen LogP contribution in [-0.4, -0.2) is 18.7 Å². The smallest absolute Gasteiger partial charge is 0.215 e. The third-order valence-corrected chi connectivity index (χ3v) is 2.16. The molecule has 0 bridgehead atoms. The van der Waals surface area contributed by atoms with Gasteiger partial charge in [-0.3, -0.25) is 0 Å². The average Bonchev–Trinajstić information content (AvgIpc) is 2.18. The molecule has 14 heavy (non-hydrogen) atoms. The Morgan fingerprint density at radius 2 is 2.29 bits per heavy atom. The van der Waals surface area contributed by atoms with Crippen LogP contribution in [0.2, 0.25) is 0 Å². The second-order valence-corrected chi connectivity index (χ2v) is 3.33. The monoisotopic (exact) mass is 196 g/mol. The van der Waals surface area contributed by atoms with E-state index in [4.69, 9.17) is 10.6 Å². The standard InChI is InChI=1S/C10H16N2O2/c1-7-4-9(8(2)6-14-11)5-12-10(7)13-3/h4-5,8H,6,11H2,1-3H3. The fourth-order valence-electron chi connectivity index (χ4n) is 1.31. The largest absolute Gasteiger partial charge is 0.481 e. The second-order valence-electron chi connectivity index (χ2n) is 3.33. The van der Waals surface area contributed by atoms with Crippen LogP contribution < -0.4 is 10.6 Å². The summed E-state index contributed by atoms with van der Waals surface area (Å²) in [5.41, 5.74) is 2.13. The maximum atomic E-state index is 5.07. The molecular weight excluding hydrogens is 180 g/mol. The summed E-state index contributed by atoms with van der Waals surface area (Å²) < 4.78 is 5.07. The van der Waals surface area contributed by atoms with Gasteiger partial charge in [0.15, 0.2) is 0 Å². The summed E-state index contributed by atoms with van der Waals surface area (Å²) in [7, 11) is 1.61. The van der Waals surface area contributed by atoms with Crippen LogP contribution >= 0.6 is 0 Å². The van der Waals surface area contributed by atoms with Crippen molar-refractivity contribution in [3.8, 4) is 5.88 Å². The predicted octanol–water partition coefficient (Wildman–Crippen LogP) is 1.39. The molecule has 1 aromatic heterocycles. The molecule has 0 aromatic carbocycles. The van der Waals surface area contributed by atoms with E-state index in [0.29, 0.717) is 12.5 Å². The van der Waals surface area contributed by atoms with Crippen LogP contribution in [0.15, 0.2) is 12.3 Å². The van der Waals surface area contributed by atoms with Crippen LogP contribution in [0.25, 0.3) is 0 Å². The molecule has 0 amide bonds. The molecular formula is C10H16N2O2. The quantitative estimate of drug-likeness (QED) is 0.739. The average molecular weight is 196 g/mol. The minimum atomic E-state index is 0.247. The number of nitrogens with two attached hydrogens (primary N) is 1. The number of rotatable bonds is 4. The number of pyridine rings is 1. The molecule has 4 heteroatoms. The maximum Gasteiger partial charge on any atom is 0.215 e. The summed E-state index contributed by atoms with van der Waals surface area (Å²) in [6.45, 7) is 4.49. The van der Waals surface area contributed by atoms with E-state index >= 15 is 0 Å². The Labute approximate surface area is 84.0 Å². The molecule has 1 atom stereocenters. The minimum Gasteiger partial charge on any atom is -0.481 e. The van der Waals surface area contributed by atoms with E-state index in [2.05, 4.69) is 9.82 Å². The van der Waals surface area contributed by atoms with Gasteiger partial charge in [0.1, 0.15) is 0 Å². The molecule has 1 aromatic rings. The van der Waals surface area contributed by atoms with Crippen LogP contribution in [-0.2, 0) is 4.84 Å². The molecule has 0 radical (unpaired) electrons. The number of aryl methyl sites for hydroxylation is 1. The highest BCUT2D eigenvalue weighted by Gasteiger charge is 2.08. The highest BCUT2D eigenvalue weighted by atomic mass is 16.6. The summed E-state index contributed by atoms with van der Waals surface area (Å²) in [6.07, 6.45) is 1.79. The van der Waals surface area contributed by atoms with Crippen LogP contribution in [0.1, 0.15) is 24.0 Å². The number of hydrogen-bond acceptors (Lipinski definition) is 4. The van der Waals surface area contributed by atoms with Crippen LogP contribution in [0, 0.1) is 6.92 Å². The van der Waals surface area contributed by atoms with Gasteiger partial charge in [0.2, 0.25) is 5.88 Å². The Morgan fingerprint density at radius 1 is 1.57 bits per heavy atom. The lowest BCUT2D eigenvalue weighted by molar-refractivity contribution is 0.126. The van der Waals surface area contributed by atoms with E-state index in [1.807, 2.05) is 19.9 Å². The van der Waals surface area contributed by atoms with Gasteiger partial charge >= 0.3 is 0 Å². The van der Waals surface area contributed by atoms with E-state index < -0.39 is 0 Å². The van der Waals surface area contributed by atoms with Gasteiger partial charge in [-0.2, -0.15) is 0 Å². The summed E-state index contributed by atoms with van der Waals surface area (Å²) in [4.78, 5) is 8.78. The molecule has 0 fully saturated rings. The number of aromatic nitrogens is 1. The summed E-state index contributed by atoms with van der Waals surface area (Å²) in [5.74, 6) is 5.92. The molecule has 1 rings (SSSR count). The molecule has 0 aliphatic carbocycles. The Hall–Kier alpha value is -1.13. The Balaban J connectivity index is 2.85. The van der Waals surface area contributed by atoms with Crippen molar-refractivity contribution in [3.63, 3.8) is 0 Å². The molecule has 4 nitrogen and oxygen atoms in total. The van der Waals surface area contributed by atoms with Crippen LogP contribution in [0.5, 0.6) is 5.88 Å². The molecule has 1 heterocycles. The van der Waals surface area contributed by atoms with Crippen molar-refractivity contribution >= 4 is 0 Å². The van der Waals surface area contributed by atoms with Crippen molar-refractivity contribution in [2.45, 2.75) is 19.8 Å². The third-order valence-electron chi connectivity index (χ3n) is 2.16. The number of nitrogens with zero attached hydrogens (tertiary/aromatic N) is 1. The molecule has 0 aliphatic rings. The van der Waals surface area contributed by atoms with Gasteiger partial charge in [0.05, 0.1) is 13.7 Å². The first-order valence-corrected chi connectivity index (χ1v) is 4.51. The molecule has 78 valence electrons. The fraction of sp³-hybridized carbons (Fsp3) is 0.500. The lowest BCUT2D eigenvalue weighted by Gasteiger charge is -2.11. The van der Waals surface area contributed by atoms with Gasteiger partial charge in [-0.05, 0) is 18.6 Å². The molecule has 2 N–H and O–H groups in total. The maximum absolute atomic E-state index is 5.07. The van der Waals surface area contributed by atoms with E-state index in [1.54, 1.807) is 13.3 Å². The van der Waals surface area contributed by atoms with Gasteiger partial charge in [0, 0.05) is 17.7 Å². The van der Waals surface area contributed by atoms with Crippen molar-refractivity contribution in [3.05, 3.63) is 23.4 Å². The lowest BCUT2D eigenvalue weighted by Crippen LogP contribution is -2.09. The first-order chi connectivity index (χ1) is 6.69. The highest BCUT2D eigenvalue weighted by Crippen LogP contribution is 2.20. The van der Waals surface area contributed by atoms with Gasteiger partial charge < -0.3 is 9.57 Å². The first kappa shape index (κ1) is 10.9. The number of methoxy groups -OCH3 is 1. The SMILES string of the molecule is COc1ncc(C(C)CON)cc1C. The van der Waals surface area contributed by atoms with Gasteiger partial charge in [-0.25, -0.2) is 10.9 Å². The minimum absolute atomic E-state index is 0.247. The van der Waals surface area contributed by atoms with Crippen LogP contribution in [0.4, 0.5) is 0 Å². The summed E-state index contributed by atoms with van der Waals surface area (Å²) >= 11 is 0. The highest BCUT2D eigenvalue weighted by molar-refractivity contribution is 5.30.